The average molecular weight is 405 g/mol. The van der Waals surface area contributed by atoms with Gasteiger partial charge in [-0.2, -0.15) is 13.2 Å². The molecule has 3 rings (SSSR count). The molecule has 2 saturated heterocycles. The van der Waals surface area contributed by atoms with E-state index < -0.39 is 11.7 Å². The van der Waals surface area contributed by atoms with Crippen molar-refractivity contribution in [2.45, 2.75) is 6.18 Å². The van der Waals surface area contributed by atoms with Crippen molar-refractivity contribution in [2.75, 3.05) is 70.9 Å². The number of rotatable bonds is 3. The second-order valence-corrected chi connectivity index (χ2v) is 7.52. The summed E-state index contributed by atoms with van der Waals surface area (Å²) in [5.41, 5.74) is -0.300. The molecule has 1 aromatic rings. The fourth-order valence-electron chi connectivity index (χ4n) is 3.44. The van der Waals surface area contributed by atoms with Gasteiger partial charge in [-0.1, -0.05) is 11.6 Å². The van der Waals surface area contributed by atoms with Crippen molar-refractivity contribution in [2.24, 2.45) is 0 Å². The number of nitrogens with zero attached hydrogens (tertiary/aromatic N) is 4. The molecule has 0 unspecified atom stereocenters. The van der Waals surface area contributed by atoms with Crippen molar-refractivity contribution < 1.29 is 18.0 Å². The van der Waals surface area contributed by atoms with Crippen LogP contribution in [-0.4, -0.2) is 86.6 Å². The predicted molar refractivity (Wildman–Crippen MR) is 99.2 cm³/mol. The minimum Gasteiger partial charge on any atom is -0.369 e. The van der Waals surface area contributed by atoms with E-state index in [1.165, 1.54) is 6.07 Å². The molecule has 5 nitrogen and oxygen atoms in total. The van der Waals surface area contributed by atoms with Gasteiger partial charge in [-0.15, -0.1) is 0 Å². The summed E-state index contributed by atoms with van der Waals surface area (Å²) >= 11 is 5.69. The molecule has 2 aliphatic rings. The van der Waals surface area contributed by atoms with Gasteiger partial charge in [0.05, 0.1) is 17.1 Å². The van der Waals surface area contributed by atoms with E-state index in [-0.39, 0.29) is 10.9 Å². The number of benzene rings is 1. The highest BCUT2D eigenvalue weighted by Crippen LogP contribution is 2.37. The number of carbonyl (C=O) groups excluding carboxylic acids is 1. The van der Waals surface area contributed by atoms with Gasteiger partial charge in [0, 0.05) is 58.0 Å². The molecule has 2 heterocycles. The summed E-state index contributed by atoms with van der Waals surface area (Å²) in [4.78, 5) is 20.5. The van der Waals surface area contributed by atoms with Gasteiger partial charge < -0.3 is 14.7 Å². The Hall–Kier alpha value is -1.51. The Labute approximate surface area is 162 Å². The first-order chi connectivity index (χ1) is 12.7. The molecule has 0 saturated carbocycles. The fourth-order valence-corrected chi connectivity index (χ4v) is 3.66. The number of likely N-dealkylation sites (N-methyl/N-ethyl adjacent to an activating group) is 1. The number of halogens is 4. The highest BCUT2D eigenvalue weighted by Gasteiger charge is 2.34. The SMILES string of the molecule is CN1CCN(C(=O)CN2CCN(c3ccc(Cl)c(C(F)(F)F)c3)CC2)CC1. The third kappa shape index (κ3) is 5.06. The van der Waals surface area contributed by atoms with E-state index in [1.807, 2.05) is 16.8 Å². The molecule has 2 aliphatic heterocycles. The second kappa shape index (κ2) is 8.24. The number of hydrogen-bond donors (Lipinski definition) is 0. The molecular weight excluding hydrogens is 381 g/mol. The van der Waals surface area contributed by atoms with E-state index in [1.54, 1.807) is 6.07 Å². The lowest BCUT2D eigenvalue weighted by Crippen LogP contribution is -2.53. The average Bonchev–Trinajstić information content (AvgIpc) is 2.62. The molecule has 1 amide bonds. The summed E-state index contributed by atoms with van der Waals surface area (Å²) in [5, 5.41) is -0.289. The van der Waals surface area contributed by atoms with Crippen LogP contribution in [0.4, 0.5) is 18.9 Å². The number of alkyl halides is 3. The van der Waals surface area contributed by atoms with E-state index in [9.17, 15) is 18.0 Å². The molecule has 150 valence electrons. The summed E-state index contributed by atoms with van der Waals surface area (Å²) in [5.74, 6) is 0.127. The Balaban J connectivity index is 1.54. The molecule has 0 N–H and O–H groups in total. The third-order valence-corrected chi connectivity index (χ3v) is 5.54. The molecule has 1 aromatic carbocycles. The van der Waals surface area contributed by atoms with Crippen LogP contribution >= 0.6 is 11.6 Å². The van der Waals surface area contributed by atoms with Gasteiger partial charge in [0.25, 0.3) is 0 Å². The monoisotopic (exact) mass is 404 g/mol. The van der Waals surface area contributed by atoms with Crippen molar-refractivity contribution in [1.82, 2.24) is 14.7 Å². The first-order valence-electron chi connectivity index (χ1n) is 9.04. The number of carbonyl (C=O) groups is 1. The Bertz CT molecular complexity index is 669. The van der Waals surface area contributed by atoms with Crippen LogP contribution in [0.5, 0.6) is 0 Å². The molecule has 0 spiro atoms. The standard InChI is InChI=1S/C18H24ClF3N4O/c1-23-4-8-26(9-5-23)17(27)13-24-6-10-25(11-7-24)14-2-3-16(19)15(12-14)18(20,21)22/h2-3,12H,4-11,13H2,1H3. The Morgan fingerprint density at radius 1 is 1.04 bits per heavy atom. The van der Waals surface area contributed by atoms with Crippen LogP contribution in [0, 0.1) is 0 Å². The van der Waals surface area contributed by atoms with Crippen molar-refractivity contribution >= 4 is 23.2 Å². The van der Waals surface area contributed by atoms with Crippen LogP contribution in [-0.2, 0) is 11.0 Å². The minimum atomic E-state index is -4.47. The van der Waals surface area contributed by atoms with Crippen LogP contribution in [0.2, 0.25) is 5.02 Å². The zero-order chi connectivity index (χ0) is 19.6. The van der Waals surface area contributed by atoms with Crippen molar-refractivity contribution in [3.8, 4) is 0 Å². The Morgan fingerprint density at radius 3 is 2.26 bits per heavy atom. The Kier molecular flexibility index (Phi) is 6.18. The van der Waals surface area contributed by atoms with Gasteiger partial charge in [-0.05, 0) is 25.2 Å². The summed E-state index contributed by atoms with van der Waals surface area (Å²) in [6, 6.07) is 4.01. The number of anilines is 1. The minimum absolute atomic E-state index is 0.127. The lowest BCUT2D eigenvalue weighted by molar-refractivity contribution is -0.137. The summed E-state index contributed by atoms with van der Waals surface area (Å²) in [6.45, 7) is 6.08. The van der Waals surface area contributed by atoms with Gasteiger partial charge in [0.2, 0.25) is 5.91 Å². The van der Waals surface area contributed by atoms with Crippen molar-refractivity contribution in [3.05, 3.63) is 28.8 Å². The maximum absolute atomic E-state index is 13.0. The predicted octanol–water partition coefficient (Wildman–Crippen LogP) is 2.25. The van der Waals surface area contributed by atoms with E-state index in [4.69, 9.17) is 11.6 Å². The normalized spacial score (nSPS) is 20.2. The molecule has 0 bridgehead atoms. The lowest BCUT2D eigenvalue weighted by atomic mass is 10.1. The summed E-state index contributed by atoms with van der Waals surface area (Å²) in [7, 11) is 2.04. The van der Waals surface area contributed by atoms with Crippen LogP contribution in [0.15, 0.2) is 18.2 Å². The molecule has 0 atom stereocenters. The van der Waals surface area contributed by atoms with Gasteiger partial charge >= 0.3 is 6.18 Å². The van der Waals surface area contributed by atoms with Gasteiger partial charge in [-0.3, -0.25) is 9.69 Å². The maximum atomic E-state index is 13.0. The first-order valence-corrected chi connectivity index (χ1v) is 9.42. The van der Waals surface area contributed by atoms with E-state index in [0.717, 1.165) is 32.2 Å². The highest BCUT2D eigenvalue weighted by molar-refractivity contribution is 6.31. The fraction of sp³-hybridized carbons (Fsp3) is 0.611. The van der Waals surface area contributed by atoms with Crippen molar-refractivity contribution in [1.29, 1.82) is 0 Å². The molecule has 0 radical (unpaired) electrons. The largest absolute Gasteiger partial charge is 0.417 e. The number of piperazine rings is 2. The lowest BCUT2D eigenvalue weighted by Gasteiger charge is -2.38. The Morgan fingerprint density at radius 2 is 1.67 bits per heavy atom. The van der Waals surface area contributed by atoms with Gasteiger partial charge in [0.1, 0.15) is 0 Å². The van der Waals surface area contributed by atoms with Gasteiger partial charge in [-0.25, -0.2) is 0 Å². The molecule has 2 fully saturated rings. The molecular formula is C18H24ClF3N4O. The van der Waals surface area contributed by atoms with E-state index >= 15 is 0 Å². The quantitative estimate of drug-likeness (QED) is 0.773. The van der Waals surface area contributed by atoms with Gasteiger partial charge in [0.15, 0.2) is 0 Å². The summed E-state index contributed by atoms with van der Waals surface area (Å²) < 4.78 is 39.1. The highest BCUT2D eigenvalue weighted by atomic mass is 35.5. The van der Waals surface area contributed by atoms with Crippen LogP contribution in [0.25, 0.3) is 0 Å². The van der Waals surface area contributed by atoms with Crippen LogP contribution in [0.1, 0.15) is 5.56 Å². The second-order valence-electron chi connectivity index (χ2n) is 7.11. The molecule has 0 aromatic heterocycles. The smallest absolute Gasteiger partial charge is 0.369 e. The van der Waals surface area contributed by atoms with E-state index in [0.29, 0.717) is 38.4 Å². The number of amides is 1. The van der Waals surface area contributed by atoms with Crippen LogP contribution < -0.4 is 4.90 Å². The molecule has 27 heavy (non-hydrogen) atoms. The van der Waals surface area contributed by atoms with Crippen LogP contribution in [0.3, 0.4) is 0 Å². The zero-order valence-electron chi connectivity index (χ0n) is 15.3. The first kappa shape index (κ1) is 20.2. The zero-order valence-corrected chi connectivity index (χ0v) is 16.1. The third-order valence-electron chi connectivity index (χ3n) is 5.21. The number of hydrogen-bond acceptors (Lipinski definition) is 4. The van der Waals surface area contributed by atoms with E-state index in [2.05, 4.69) is 9.80 Å². The molecule has 0 aliphatic carbocycles. The summed E-state index contributed by atoms with van der Waals surface area (Å²) in [6.07, 6.45) is -4.47. The molecule has 9 heteroatoms. The van der Waals surface area contributed by atoms with Crippen molar-refractivity contribution in [3.63, 3.8) is 0 Å². The maximum Gasteiger partial charge on any atom is 0.417 e. The topological polar surface area (TPSA) is 30.0 Å².